The molecule has 0 saturated heterocycles. The van der Waals surface area contributed by atoms with Crippen molar-refractivity contribution in [3.63, 3.8) is 0 Å². The number of para-hydroxylation sites is 1. The van der Waals surface area contributed by atoms with Gasteiger partial charge in [-0.1, -0.05) is 29.5 Å². The number of carbonyl (C=O) groups excluding carboxylic acids is 1. The van der Waals surface area contributed by atoms with Crippen molar-refractivity contribution in [2.45, 2.75) is 13.8 Å². The Morgan fingerprint density at radius 1 is 1.08 bits per heavy atom. The Morgan fingerprint density at radius 3 is 2.35 bits per heavy atom. The summed E-state index contributed by atoms with van der Waals surface area (Å²) in [6.07, 6.45) is 0. The van der Waals surface area contributed by atoms with Crippen molar-refractivity contribution in [2.24, 2.45) is 0 Å². The molecule has 0 bridgehead atoms. The molecular formula is C20H22N4OS. The van der Waals surface area contributed by atoms with Crippen LogP contribution in [0.3, 0.4) is 0 Å². The van der Waals surface area contributed by atoms with Gasteiger partial charge in [-0.15, -0.1) is 0 Å². The first kappa shape index (κ1) is 17.9. The summed E-state index contributed by atoms with van der Waals surface area (Å²) < 4.78 is 0. The lowest BCUT2D eigenvalue weighted by molar-refractivity contribution is 0.104. The first-order valence-electron chi connectivity index (χ1n) is 8.60. The highest BCUT2D eigenvalue weighted by Gasteiger charge is 2.18. The van der Waals surface area contributed by atoms with Gasteiger partial charge in [0.25, 0.3) is 0 Å². The van der Waals surface area contributed by atoms with Crippen LogP contribution in [-0.4, -0.2) is 23.9 Å². The smallest absolute Gasteiger partial charge is 0.206 e. The van der Waals surface area contributed by atoms with Crippen LogP contribution in [0.25, 0.3) is 0 Å². The van der Waals surface area contributed by atoms with Crippen molar-refractivity contribution in [1.29, 1.82) is 0 Å². The molecule has 2 aromatic carbocycles. The summed E-state index contributed by atoms with van der Waals surface area (Å²) in [7, 11) is 0. The zero-order valence-electron chi connectivity index (χ0n) is 14.9. The molecule has 0 aliphatic carbocycles. The third kappa shape index (κ3) is 3.86. The van der Waals surface area contributed by atoms with Crippen molar-refractivity contribution >= 4 is 39.4 Å². The van der Waals surface area contributed by atoms with Crippen LogP contribution in [0.1, 0.15) is 29.1 Å². The van der Waals surface area contributed by atoms with Crippen LogP contribution in [0.2, 0.25) is 0 Å². The summed E-state index contributed by atoms with van der Waals surface area (Å²) in [6, 6.07) is 17.3. The van der Waals surface area contributed by atoms with Crippen LogP contribution >= 0.6 is 11.3 Å². The van der Waals surface area contributed by atoms with Crippen molar-refractivity contribution < 1.29 is 4.79 Å². The topological polar surface area (TPSA) is 71.2 Å². The monoisotopic (exact) mass is 366 g/mol. The van der Waals surface area contributed by atoms with E-state index in [0.29, 0.717) is 15.6 Å². The molecule has 3 aromatic rings. The molecule has 0 amide bonds. The third-order valence-electron chi connectivity index (χ3n) is 4.14. The van der Waals surface area contributed by atoms with Crippen LogP contribution < -0.4 is 16.0 Å². The molecule has 26 heavy (non-hydrogen) atoms. The van der Waals surface area contributed by atoms with Gasteiger partial charge in [-0.2, -0.15) is 0 Å². The largest absolute Gasteiger partial charge is 0.382 e. The Morgan fingerprint density at radius 2 is 1.73 bits per heavy atom. The van der Waals surface area contributed by atoms with Crippen LogP contribution in [0.15, 0.2) is 54.6 Å². The highest BCUT2D eigenvalue weighted by atomic mass is 32.1. The van der Waals surface area contributed by atoms with Gasteiger partial charge in [0.1, 0.15) is 10.7 Å². The van der Waals surface area contributed by atoms with Crippen LogP contribution in [0.5, 0.6) is 0 Å². The number of hydrogen-bond donors (Lipinski definition) is 2. The quantitative estimate of drug-likeness (QED) is 0.601. The number of ketones is 1. The van der Waals surface area contributed by atoms with E-state index in [9.17, 15) is 4.79 Å². The maximum absolute atomic E-state index is 12.8. The van der Waals surface area contributed by atoms with Gasteiger partial charge in [0.15, 0.2) is 5.13 Å². The molecule has 0 aliphatic rings. The first-order valence-corrected chi connectivity index (χ1v) is 9.42. The van der Waals surface area contributed by atoms with Crippen molar-refractivity contribution in [2.75, 3.05) is 29.0 Å². The van der Waals surface area contributed by atoms with Gasteiger partial charge < -0.3 is 16.0 Å². The number of nitrogens with one attached hydrogen (secondary N) is 1. The highest BCUT2D eigenvalue weighted by Crippen LogP contribution is 2.30. The van der Waals surface area contributed by atoms with Crippen molar-refractivity contribution in [3.05, 3.63) is 65.0 Å². The standard InChI is InChI=1S/C20H22N4OS/c1-3-24(4-2)16-12-10-14(11-13-16)17(25)18-19(21)23-20(26-18)22-15-8-6-5-7-9-15/h5-13H,3-4,21H2,1-2H3,(H,22,23). The summed E-state index contributed by atoms with van der Waals surface area (Å²) in [5.41, 5.74) is 8.61. The molecule has 3 rings (SSSR count). The summed E-state index contributed by atoms with van der Waals surface area (Å²) in [5, 5.41) is 3.79. The molecule has 0 saturated carbocycles. The number of hydrogen-bond acceptors (Lipinski definition) is 6. The molecule has 134 valence electrons. The third-order valence-corrected chi connectivity index (χ3v) is 5.13. The summed E-state index contributed by atoms with van der Waals surface area (Å²) in [6.45, 7) is 6.09. The average Bonchev–Trinajstić information content (AvgIpc) is 3.03. The Hall–Kier alpha value is -2.86. The predicted octanol–water partition coefficient (Wildman–Crippen LogP) is 4.55. The zero-order chi connectivity index (χ0) is 18.5. The molecule has 0 spiro atoms. The molecule has 0 aliphatic heterocycles. The van der Waals surface area contributed by atoms with Crippen LogP contribution in [0, 0.1) is 0 Å². The molecule has 1 heterocycles. The molecule has 1 aromatic heterocycles. The number of anilines is 4. The average molecular weight is 366 g/mol. The SMILES string of the molecule is CCN(CC)c1ccc(C(=O)c2sc(Nc3ccccc3)nc2N)cc1. The van der Waals surface area contributed by atoms with Gasteiger partial charge in [-0.3, -0.25) is 4.79 Å². The second-order valence-corrected chi connectivity index (χ2v) is 6.77. The molecule has 6 heteroatoms. The maximum atomic E-state index is 12.8. The fourth-order valence-electron chi connectivity index (χ4n) is 2.74. The summed E-state index contributed by atoms with van der Waals surface area (Å²) in [5.74, 6) is 0.151. The number of carbonyl (C=O) groups is 1. The number of nitrogens with two attached hydrogens (primary N) is 1. The molecule has 0 unspecified atom stereocenters. The normalized spacial score (nSPS) is 10.5. The van der Waals surface area contributed by atoms with Gasteiger partial charge >= 0.3 is 0 Å². The Bertz CT molecular complexity index is 871. The van der Waals surface area contributed by atoms with Gasteiger partial charge in [-0.05, 0) is 50.2 Å². The number of nitrogens with zero attached hydrogens (tertiary/aromatic N) is 2. The second-order valence-electron chi connectivity index (χ2n) is 5.77. The van der Waals surface area contributed by atoms with Gasteiger partial charge in [0, 0.05) is 30.0 Å². The minimum atomic E-state index is -0.104. The fraction of sp³-hybridized carbons (Fsp3) is 0.200. The lowest BCUT2D eigenvalue weighted by Crippen LogP contribution is -2.21. The minimum absolute atomic E-state index is 0.104. The number of aromatic nitrogens is 1. The van der Waals surface area contributed by atoms with Gasteiger partial charge in [0.05, 0.1) is 0 Å². The second kappa shape index (κ2) is 8.01. The number of benzene rings is 2. The lowest BCUT2D eigenvalue weighted by atomic mass is 10.1. The van der Waals surface area contributed by atoms with E-state index in [0.717, 1.165) is 24.5 Å². The van der Waals surface area contributed by atoms with E-state index in [1.807, 2.05) is 54.6 Å². The van der Waals surface area contributed by atoms with Gasteiger partial charge in [0.2, 0.25) is 5.78 Å². The van der Waals surface area contributed by atoms with Crippen LogP contribution in [0.4, 0.5) is 22.3 Å². The van der Waals surface area contributed by atoms with E-state index in [1.54, 1.807) is 0 Å². The minimum Gasteiger partial charge on any atom is -0.382 e. The van der Waals surface area contributed by atoms with E-state index in [-0.39, 0.29) is 11.6 Å². The first-order chi connectivity index (χ1) is 12.6. The van der Waals surface area contributed by atoms with Crippen LogP contribution in [-0.2, 0) is 0 Å². The summed E-state index contributed by atoms with van der Waals surface area (Å²) >= 11 is 1.27. The zero-order valence-corrected chi connectivity index (χ0v) is 15.7. The van der Waals surface area contributed by atoms with Gasteiger partial charge in [-0.25, -0.2) is 4.98 Å². The Balaban J connectivity index is 1.79. The van der Waals surface area contributed by atoms with E-state index in [1.165, 1.54) is 11.3 Å². The lowest BCUT2D eigenvalue weighted by Gasteiger charge is -2.20. The predicted molar refractivity (Wildman–Crippen MR) is 110 cm³/mol. The molecule has 0 atom stereocenters. The summed E-state index contributed by atoms with van der Waals surface area (Å²) in [4.78, 5) is 19.8. The number of nitrogen functional groups attached to an aromatic ring is 1. The molecule has 5 nitrogen and oxygen atoms in total. The molecular weight excluding hydrogens is 344 g/mol. The van der Waals surface area contributed by atoms with E-state index in [4.69, 9.17) is 5.73 Å². The van der Waals surface area contributed by atoms with Crippen molar-refractivity contribution in [3.8, 4) is 0 Å². The maximum Gasteiger partial charge on any atom is 0.206 e. The highest BCUT2D eigenvalue weighted by molar-refractivity contribution is 7.18. The number of thiazole rings is 1. The van der Waals surface area contributed by atoms with E-state index < -0.39 is 0 Å². The Kier molecular flexibility index (Phi) is 5.53. The van der Waals surface area contributed by atoms with E-state index in [2.05, 4.69) is 29.0 Å². The number of rotatable bonds is 7. The van der Waals surface area contributed by atoms with Crippen molar-refractivity contribution in [1.82, 2.24) is 4.98 Å². The molecule has 0 radical (unpaired) electrons. The molecule has 0 fully saturated rings. The molecule has 3 N–H and O–H groups in total. The van der Waals surface area contributed by atoms with E-state index >= 15 is 0 Å². The fourth-order valence-corrected chi connectivity index (χ4v) is 3.60. The Labute approximate surface area is 157 Å².